The Morgan fingerprint density at radius 3 is 2.51 bits per heavy atom. The summed E-state index contributed by atoms with van der Waals surface area (Å²) < 4.78 is 50.4. The third-order valence-electron chi connectivity index (χ3n) is 5.45. The lowest BCUT2D eigenvalue weighted by Gasteiger charge is -2.22. The van der Waals surface area contributed by atoms with Gasteiger partial charge >= 0.3 is 12.1 Å². The van der Waals surface area contributed by atoms with Crippen LogP contribution in [0.3, 0.4) is 0 Å². The molecule has 0 aliphatic rings. The van der Waals surface area contributed by atoms with E-state index < -0.39 is 23.7 Å². The summed E-state index contributed by atoms with van der Waals surface area (Å²) in [6, 6.07) is 12.1. The van der Waals surface area contributed by atoms with E-state index in [0.29, 0.717) is 17.0 Å². The Morgan fingerprint density at radius 2 is 1.86 bits per heavy atom. The number of anilines is 1. The number of halogens is 3. The molecule has 3 aromatic rings. The molecule has 0 unspecified atom stereocenters. The van der Waals surface area contributed by atoms with Gasteiger partial charge in [0.1, 0.15) is 17.2 Å². The van der Waals surface area contributed by atoms with Crippen molar-refractivity contribution in [2.75, 3.05) is 25.7 Å². The Balaban J connectivity index is 2.06. The zero-order valence-electron chi connectivity index (χ0n) is 20.0. The third-order valence-corrected chi connectivity index (χ3v) is 5.45. The molecule has 3 rings (SSSR count). The van der Waals surface area contributed by atoms with Gasteiger partial charge in [0, 0.05) is 37.0 Å². The van der Waals surface area contributed by atoms with Crippen LogP contribution in [0.15, 0.2) is 54.7 Å². The second-order valence-electron chi connectivity index (χ2n) is 7.89. The van der Waals surface area contributed by atoms with Crippen molar-refractivity contribution in [1.82, 2.24) is 4.98 Å². The van der Waals surface area contributed by atoms with Gasteiger partial charge in [-0.05, 0) is 42.3 Å². The topological polar surface area (TPSA) is 113 Å². The number of ether oxygens (including phenoxy) is 2. The van der Waals surface area contributed by atoms with E-state index in [1.165, 1.54) is 37.3 Å². The quantitative estimate of drug-likeness (QED) is 0.280. The highest BCUT2D eigenvalue weighted by molar-refractivity contribution is 6.09. The van der Waals surface area contributed by atoms with Gasteiger partial charge in [-0.1, -0.05) is 18.2 Å². The maximum atomic E-state index is 13.6. The highest BCUT2D eigenvalue weighted by Gasteiger charge is 2.33. The molecule has 0 saturated heterocycles. The number of nitrogens with one attached hydrogen (secondary N) is 1. The average molecular weight is 515 g/mol. The summed E-state index contributed by atoms with van der Waals surface area (Å²) in [6.45, 7) is 0.0257. The van der Waals surface area contributed by atoms with Gasteiger partial charge in [0.25, 0.3) is 5.91 Å². The minimum Gasteiger partial charge on any atom is -0.495 e. The van der Waals surface area contributed by atoms with Crippen LogP contribution in [0.5, 0.6) is 11.5 Å². The molecule has 0 radical (unpaired) electrons. The lowest BCUT2D eigenvalue weighted by atomic mass is 9.98. The maximum absolute atomic E-state index is 13.6. The van der Waals surface area contributed by atoms with Gasteiger partial charge in [-0.15, -0.1) is 0 Å². The van der Waals surface area contributed by atoms with Crippen molar-refractivity contribution in [2.24, 2.45) is 0 Å². The van der Waals surface area contributed by atoms with Crippen LogP contribution in [0.25, 0.3) is 11.1 Å². The van der Waals surface area contributed by atoms with E-state index in [4.69, 9.17) is 20.0 Å². The Hall–Kier alpha value is -4.41. The van der Waals surface area contributed by atoms with Crippen molar-refractivity contribution in [1.29, 1.82) is 5.41 Å². The number of carboxylic acid groups (broad SMARTS) is 1. The van der Waals surface area contributed by atoms with Crippen LogP contribution in [-0.2, 0) is 11.0 Å². The fraction of sp³-hybridized carbons (Fsp3) is 0.231. The van der Waals surface area contributed by atoms with Crippen molar-refractivity contribution in [3.8, 4) is 22.6 Å². The molecule has 0 aliphatic heterocycles. The summed E-state index contributed by atoms with van der Waals surface area (Å²) in [6.07, 6.45) is -2.81. The number of para-hydroxylation sites is 2. The zero-order valence-corrected chi connectivity index (χ0v) is 20.0. The predicted molar refractivity (Wildman–Crippen MR) is 131 cm³/mol. The first-order valence-electron chi connectivity index (χ1n) is 11.0. The van der Waals surface area contributed by atoms with Gasteiger partial charge < -0.3 is 24.9 Å². The Morgan fingerprint density at radius 1 is 1.14 bits per heavy atom. The SMILES string of the molecule is COc1ccccc1N(C)C(=O)c1cc(-c2cnc(C(F)(F)F)cc2C=N)ccc1OCCCC(=O)O. The Bertz CT molecular complexity index is 1310. The van der Waals surface area contributed by atoms with E-state index in [1.807, 2.05) is 0 Å². The van der Waals surface area contributed by atoms with Crippen molar-refractivity contribution in [2.45, 2.75) is 19.0 Å². The van der Waals surface area contributed by atoms with E-state index in [0.717, 1.165) is 18.5 Å². The number of carbonyl (C=O) groups excluding carboxylic acids is 1. The summed E-state index contributed by atoms with van der Waals surface area (Å²) in [5, 5.41) is 16.5. The van der Waals surface area contributed by atoms with E-state index in [2.05, 4.69) is 4.98 Å². The normalized spacial score (nSPS) is 11.1. The molecular weight excluding hydrogens is 491 g/mol. The smallest absolute Gasteiger partial charge is 0.433 e. The predicted octanol–water partition coefficient (Wildman–Crippen LogP) is 5.29. The lowest BCUT2D eigenvalue weighted by Crippen LogP contribution is -2.27. The first-order valence-corrected chi connectivity index (χ1v) is 11.0. The molecule has 0 bridgehead atoms. The monoisotopic (exact) mass is 515 g/mol. The number of nitrogens with zero attached hydrogens (tertiary/aromatic N) is 2. The number of carbonyl (C=O) groups is 2. The number of hydrogen-bond acceptors (Lipinski definition) is 6. The van der Waals surface area contributed by atoms with Crippen LogP contribution in [0, 0.1) is 5.41 Å². The fourth-order valence-electron chi connectivity index (χ4n) is 3.58. The van der Waals surface area contributed by atoms with E-state index in [9.17, 15) is 22.8 Å². The number of aliphatic carboxylic acids is 1. The number of methoxy groups -OCH3 is 1. The van der Waals surface area contributed by atoms with Gasteiger partial charge in [0.2, 0.25) is 0 Å². The van der Waals surface area contributed by atoms with Crippen molar-refractivity contribution >= 4 is 23.8 Å². The third kappa shape index (κ3) is 6.43. The lowest BCUT2D eigenvalue weighted by molar-refractivity contribution is -0.141. The Labute approximate surface area is 210 Å². The Kier molecular flexibility index (Phi) is 8.49. The molecule has 194 valence electrons. The van der Waals surface area contributed by atoms with Crippen LogP contribution < -0.4 is 14.4 Å². The van der Waals surface area contributed by atoms with Crippen molar-refractivity contribution in [3.05, 3.63) is 71.5 Å². The highest BCUT2D eigenvalue weighted by atomic mass is 19.4. The number of hydrogen-bond donors (Lipinski definition) is 2. The molecule has 0 spiro atoms. The number of benzene rings is 2. The van der Waals surface area contributed by atoms with E-state index >= 15 is 0 Å². The number of rotatable bonds is 10. The number of alkyl halides is 3. The molecule has 1 aromatic heterocycles. The van der Waals surface area contributed by atoms with Gasteiger partial charge in [-0.25, -0.2) is 0 Å². The first kappa shape index (κ1) is 27.2. The molecule has 0 aliphatic carbocycles. The second kappa shape index (κ2) is 11.5. The summed E-state index contributed by atoms with van der Waals surface area (Å²) in [7, 11) is 3.00. The molecule has 37 heavy (non-hydrogen) atoms. The summed E-state index contributed by atoms with van der Waals surface area (Å²) >= 11 is 0. The van der Waals surface area contributed by atoms with Crippen LogP contribution in [-0.4, -0.2) is 48.9 Å². The van der Waals surface area contributed by atoms with Gasteiger partial charge in [0.15, 0.2) is 0 Å². The molecule has 1 heterocycles. The number of pyridine rings is 1. The molecule has 2 N–H and O–H groups in total. The van der Waals surface area contributed by atoms with Crippen molar-refractivity contribution in [3.63, 3.8) is 0 Å². The van der Waals surface area contributed by atoms with Crippen LogP contribution >= 0.6 is 0 Å². The van der Waals surface area contributed by atoms with E-state index in [-0.39, 0.29) is 41.9 Å². The van der Waals surface area contributed by atoms with E-state index in [1.54, 1.807) is 24.3 Å². The highest BCUT2D eigenvalue weighted by Crippen LogP contribution is 2.34. The second-order valence-corrected chi connectivity index (χ2v) is 7.89. The summed E-state index contributed by atoms with van der Waals surface area (Å²) in [4.78, 5) is 29.2. The van der Waals surface area contributed by atoms with Gasteiger partial charge in [0.05, 0.1) is 25.0 Å². The molecule has 0 fully saturated rings. The zero-order chi connectivity index (χ0) is 27.2. The minimum atomic E-state index is -4.68. The van der Waals surface area contributed by atoms with Gasteiger partial charge in [-0.3, -0.25) is 14.6 Å². The van der Waals surface area contributed by atoms with Crippen molar-refractivity contribution < 1.29 is 37.3 Å². The van der Waals surface area contributed by atoms with Crippen LogP contribution in [0.4, 0.5) is 18.9 Å². The standard InChI is InChI=1S/C26H24F3N3O5/c1-32(20-6-3-4-7-22(20)36-2)25(35)18-12-16(9-10-21(18)37-11-5-8-24(33)34)19-15-31-23(26(27,28)29)13-17(19)14-30/h3-4,6-7,9-10,12-15,30H,5,8,11H2,1-2H3,(H,33,34). The average Bonchev–Trinajstić information content (AvgIpc) is 2.89. The molecule has 0 saturated carbocycles. The van der Waals surface area contributed by atoms with Gasteiger partial charge in [-0.2, -0.15) is 13.2 Å². The number of aromatic nitrogens is 1. The molecule has 8 nitrogen and oxygen atoms in total. The maximum Gasteiger partial charge on any atom is 0.433 e. The minimum absolute atomic E-state index is 0.0257. The first-order chi connectivity index (χ1) is 17.6. The van der Waals surface area contributed by atoms with Crippen LogP contribution in [0.1, 0.15) is 34.5 Å². The molecule has 11 heteroatoms. The van der Waals surface area contributed by atoms with Crippen LogP contribution in [0.2, 0.25) is 0 Å². The summed E-state index contributed by atoms with van der Waals surface area (Å²) in [5.41, 5.74) is -0.0660. The summed E-state index contributed by atoms with van der Waals surface area (Å²) in [5.74, 6) is -0.885. The largest absolute Gasteiger partial charge is 0.495 e. The molecule has 2 aromatic carbocycles. The number of carboxylic acids is 1. The molecule has 1 amide bonds. The number of amides is 1. The fourth-order valence-corrected chi connectivity index (χ4v) is 3.58. The molecule has 0 atom stereocenters. The molecular formula is C26H24F3N3O5.